The Labute approximate surface area is 147 Å². The lowest BCUT2D eigenvalue weighted by molar-refractivity contribution is -0.121. The van der Waals surface area contributed by atoms with Gasteiger partial charge < -0.3 is 16.0 Å². The van der Waals surface area contributed by atoms with Crippen LogP contribution in [0.3, 0.4) is 0 Å². The predicted octanol–water partition coefficient (Wildman–Crippen LogP) is 1.65. The molecule has 3 N–H and O–H groups in total. The second-order valence-electron chi connectivity index (χ2n) is 5.44. The molecule has 21 heavy (non-hydrogen) atoms. The highest BCUT2D eigenvalue weighted by Gasteiger charge is 2.13. The van der Waals surface area contributed by atoms with E-state index < -0.39 is 0 Å². The van der Waals surface area contributed by atoms with Crippen molar-refractivity contribution in [2.45, 2.75) is 39.8 Å². The summed E-state index contributed by atoms with van der Waals surface area (Å²) in [6.07, 6.45) is 1.84. The molecule has 0 aromatic carbocycles. The number of nitrogens with zero attached hydrogens (tertiary/aromatic N) is 2. The quantitative estimate of drug-likeness (QED) is 0.390. The highest BCUT2D eigenvalue weighted by atomic mass is 127. The Bertz CT molecular complexity index is 481. The summed E-state index contributed by atoms with van der Waals surface area (Å²) in [6.45, 7) is 8.65. The summed E-state index contributed by atoms with van der Waals surface area (Å²) in [5, 5.41) is 9.97. The number of aryl methyl sites for hydroxylation is 1. The summed E-state index contributed by atoms with van der Waals surface area (Å²) < 4.78 is 0. The third-order valence-electron chi connectivity index (χ3n) is 2.23. The minimum absolute atomic E-state index is 0. The molecule has 0 atom stereocenters. The maximum Gasteiger partial charge on any atom is 0.239 e. The Balaban J connectivity index is 0.00000400. The number of hydrogen-bond donors (Lipinski definition) is 3. The van der Waals surface area contributed by atoms with Crippen LogP contribution in [0, 0.1) is 6.92 Å². The maximum atomic E-state index is 11.7. The number of hydrogen-bond acceptors (Lipinski definition) is 4. The molecule has 1 aromatic rings. The van der Waals surface area contributed by atoms with Crippen LogP contribution < -0.4 is 16.0 Å². The fourth-order valence-corrected chi connectivity index (χ4v) is 2.22. The maximum absolute atomic E-state index is 11.7. The molecule has 6 nitrogen and oxygen atoms in total. The van der Waals surface area contributed by atoms with Crippen molar-refractivity contribution in [3.8, 4) is 0 Å². The van der Waals surface area contributed by atoms with Gasteiger partial charge in [0.1, 0.15) is 5.01 Å². The summed E-state index contributed by atoms with van der Waals surface area (Å²) >= 11 is 1.64. The van der Waals surface area contributed by atoms with E-state index in [9.17, 15) is 4.79 Å². The molecule has 0 unspecified atom stereocenters. The van der Waals surface area contributed by atoms with Crippen LogP contribution in [0.1, 0.15) is 30.7 Å². The molecule has 0 radical (unpaired) electrons. The van der Waals surface area contributed by atoms with Gasteiger partial charge in [0.25, 0.3) is 0 Å². The Kier molecular flexibility index (Phi) is 8.79. The van der Waals surface area contributed by atoms with E-state index in [0.29, 0.717) is 12.5 Å². The normalized spacial score (nSPS) is 11.6. The third kappa shape index (κ3) is 8.86. The minimum atomic E-state index is -0.228. The molecule has 1 rings (SSSR count). The molecule has 120 valence electrons. The fraction of sp³-hybridized carbons (Fsp3) is 0.615. The number of rotatable bonds is 4. The Morgan fingerprint density at radius 2 is 2.05 bits per heavy atom. The molecule has 0 aliphatic heterocycles. The van der Waals surface area contributed by atoms with Gasteiger partial charge in [0.05, 0.1) is 13.1 Å². The first-order valence-corrected chi connectivity index (χ1v) is 7.28. The van der Waals surface area contributed by atoms with Crippen molar-refractivity contribution in [3.63, 3.8) is 0 Å². The molecule has 1 aromatic heterocycles. The van der Waals surface area contributed by atoms with E-state index in [2.05, 4.69) is 25.9 Å². The smallest absolute Gasteiger partial charge is 0.239 e. The van der Waals surface area contributed by atoms with Gasteiger partial charge in [-0.3, -0.25) is 9.79 Å². The summed E-state index contributed by atoms with van der Waals surface area (Å²) in [7, 11) is 1.67. The minimum Gasteiger partial charge on any atom is -0.350 e. The second-order valence-corrected chi connectivity index (χ2v) is 6.76. The van der Waals surface area contributed by atoms with Gasteiger partial charge in [-0.15, -0.1) is 35.3 Å². The highest BCUT2D eigenvalue weighted by Crippen LogP contribution is 2.10. The van der Waals surface area contributed by atoms with Crippen molar-refractivity contribution < 1.29 is 4.79 Å². The van der Waals surface area contributed by atoms with Gasteiger partial charge in [-0.1, -0.05) is 0 Å². The van der Waals surface area contributed by atoms with Crippen molar-refractivity contribution >= 4 is 47.2 Å². The van der Waals surface area contributed by atoms with Crippen LogP contribution in [-0.4, -0.2) is 36.0 Å². The monoisotopic (exact) mass is 425 g/mol. The molecule has 0 spiro atoms. The van der Waals surface area contributed by atoms with Gasteiger partial charge in [0.15, 0.2) is 5.96 Å². The van der Waals surface area contributed by atoms with Crippen LogP contribution in [0.2, 0.25) is 0 Å². The van der Waals surface area contributed by atoms with Crippen LogP contribution in [0.15, 0.2) is 11.2 Å². The summed E-state index contributed by atoms with van der Waals surface area (Å²) in [6, 6.07) is 0. The zero-order valence-electron chi connectivity index (χ0n) is 13.1. The van der Waals surface area contributed by atoms with Crippen molar-refractivity contribution in [2.24, 2.45) is 4.99 Å². The molecule has 0 aliphatic rings. The van der Waals surface area contributed by atoms with Gasteiger partial charge in [-0.05, 0) is 27.7 Å². The van der Waals surface area contributed by atoms with Crippen LogP contribution in [-0.2, 0) is 11.3 Å². The van der Waals surface area contributed by atoms with E-state index in [1.807, 2.05) is 33.9 Å². The number of aliphatic imine (C=N–C) groups is 1. The molecule has 0 bridgehead atoms. The van der Waals surface area contributed by atoms with Gasteiger partial charge in [-0.25, -0.2) is 4.98 Å². The standard InChI is InChI=1S/C13H23N5OS.HI/c1-9-6-15-11(20-9)8-17-12(14-5)16-7-10(19)18-13(2,3)4;/h6H,7-8H2,1-5H3,(H,18,19)(H2,14,16,17);1H. The van der Waals surface area contributed by atoms with E-state index in [1.54, 1.807) is 18.4 Å². The first kappa shape index (κ1) is 20.1. The lowest BCUT2D eigenvalue weighted by Crippen LogP contribution is -2.48. The van der Waals surface area contributed by atoms with Crippen LogP contribution in [0.5, 0.6) is 0 Å². The molecular weight excluding hydrogens is 401 g/mol. The SMILES string of the molecule is CN=C(NCC(=O)NC(C)(C)C)NCc1ncc(C)s1.I. The third-order valence-corrected chi connectivity index (χ3v) is 3.14. The molecule has 8 heteroatoms. The number of carbonyl (C=O) groups excluding carboxylic acids is 1. The predicted molar refractivity (Wildman–Crippen MR) is 98.4 cm³/mol. The molecule has 0 saturated carbocycles. The number of carbonyl (C=O) groups is 1. The van der Waals surface area contributed by atoms with E-state index in [1.165, 1.54) is 4.88 Å². The molecule has 0 saturated heterocycles. The second kappa shape index (κ2) is 9.19. The van der Waals surface area contributed by atoms with Crippen molar-refractivity contribution in [3.05, 3.63) is 16.1 Å². The molecule has 0 aliphatic carbocycles. The largest absolute Gasteiger partial charge is 0.350 e. The van der Waals surface area contributed by atoms with Gasteiger partial charge in [-0.2, -0.15) is 0 Å². The van der Waals surface area contributed by atoms with E-state index in [-0.39, 0.29) is 42.0 Å². The van der Waals surface area contributed by atoms with E-state index in [4.69, 9.17) is 0 Å². The molecular formula is C13H24IN5OS. The molecule has 0 fully saturated rings. The van der Waals surface area contributed by atoms with Gasteiger partial charge in [0.2, 0.25) is 5.91 Å². The molecule has 1 heterocycles. The number of aromatic nitrogens is 1. The lowest BCUT2D eigenvalue weighted by Gasteiger charge is -2.21. The first-order chi connectivity index (χ1) is 9.30. The topological polar surface area (TPSA) is 78.4 Å². The number of thiazole rings is 1. The van der Waals surface area contributed by atoms with Crippen LogP contribution in [0.4, 0.5) is 0 Å². The summed E-state index contributed by atoms with van der Waals surface area (Å²) in [4.78, 5) is 21.2. The van der Waals surface area contributed by atoms with Crippen molar-refractivity contribution in [2.75, 3.05) is 13.6 Å². The van der Waals surface area contributed by atoms with Gasteiger partial charge >= 0.3 is 0 Å². The Morgan fingerprint density at radius 3 is 2.52 bits per heavy atom. The average Bonchev–Trinajstić information content (AvgIpc) is 2.73. The first-order valence-electron chi connectivity index (χ1n) is 6.47. The lowest BCUT2D eigenvalue weighted by atomic mass is 10.1. The summed E-state index contributed by atoms with van der Waals surface area (Å²) in [5.74, 6) is 0.521. The zero-order valence-corrected chi connectivity index (χ0v) is 16.3. The number of halogens is 1. The van der Waals surface area contributed by atoms with E-state index >= 15 is 0 Å². The van der Waals surface area contributed by atoms with Crippen molar-refractivity contribution in [1.29, 1.82) is 0 Å². The number of amides is 1. The van der Waals surface area contributed by atoms with Crippen LogP contribution in [0.25, 0.3) is 0 Å². The van der Waals surface area contributed by atoms with Crippen molar-refractivity contribution in [1.82, 2.24) is 20.9 Å². The van der Waals surface area contributed by atoms with E-state index in [0.717, 1.165) is 5.01 Å². The number of nitrogens with one attached hydrogen (secondary N) is 3. The van der Waals surface area contributed by atoms with Gasteiger partial charge in [0, 0.05) is 23.7 Å². The fourth-order valence-electron chi connectivity index (χ4n) is 1.49. The average molecular weight is 425 g/mol. The Morgan fingerprint density at radius 1 is 1.38 bits per heavy atom. The zero-order chi connectivity index (χ0) is 15.2. The van der Waals surface area contributed by atoms with Crippen LogP contribution >= 0.6 is 35.3 Å². The number of guanidine groups is 1. The summed E-state index contributed by atoms with van der Waals surface area (Å²) in [5.41, 5.74) is -0.228. The molecule has 1 amide bonds. The highest BCUT2D eigenvalue weighted by molar-refractivity contribution is 14.0. The Hall–Kier alpha value is -0.900.